The highest BCUT2D eigenvalue weighted by Gasteiger charge is 2.05. The van der Waals surface area contributed by atoms with Crippen LogP contribution in [0.15, 0.2) is 30.5 Å². The molecule has 0 aromatic carbocycles. The van der Waals surface area contributed by atoms with Gasteiger partial charge < -0.3 is 10.0 Å². The molecule has 4 heteroatoms. The lowest BCUT2D eigenvalue weighted by atomic mass is 10.2. The Balaban J connectivity index is 2.79. The third kappa shape index (κ3) is 3.09. The molecule has 80 valence electrons. The molecule has 0 amide bonds. The summed E-state index contributed by atoms with van der Waals surface area (Å²) in [4.78, 5) is 16.6. The van der Waals surface area contributed by atoms with Crippen LogP contribution in [0.25, 0.3) is 0 Å². The van der Waals surface area contributed by atoms with E-state index < -0.39 is 5.97 Å². The Morgan fingerprint density at radius 3 is 2.67 bits per heavy atom. The minimum atomic E-state index is -0.961. The van der Waals surface area contributed by atoms with Crippen LogP contribution in [0.2, 0.25) is 0 Å². The average molecular weight is 206 g/mol. The van der Waals surface area contributed by atoms with E-state index >= 15 is 0 Å². The average Bonchev–Trinajstić information content (AvgIpc) is 2.17. The van der Waals surface area contributed by atoms with Crippen molar-refractivity contribution in [2.24, 2.45) is 0 Å². The zero-order valence-corrected chi connectivity index (χ0v) is 8.90. The highest BCUT2D eigenvalue weighted by molar-refractivity contribution is 5.87. The van der Waals surface area contributed by atoms with E-state index in [1.165, 1.54) is 6.20 Å². The molecule has 0 aliphatic rings. The number of aromatic nitrogens is 1. The lowest BCUT2D eigenvalue weighted by Crippen LogP contribution is -2.20. The summed E-state index contributed by atoms with van der Waals surface area (Å²) in [6, 6.07) is 3.23. The molecule has 1 rings (SSSR count). The Labute approximate surface area is 88.9 Å². The summed E-state index contributed by atoms with van der Waals surface area (Å²) in [6.45, 7) is 6.44. The summed E-state index contributed by atoms with van der Waals surface area (Å²) >= 11 is 0. The SMILES string of the molecule is C=C(C)CN(C)c1ccc(C(=O)O)cn1. The quantitative estimate of drug-likeness (QED) is 0.763. The van der Waals surface area contributed by atoms with Crippen LogP contribution in [0.5, 0.6) is 0 Å². The van der Waals surface area contributed by atoms with Crippen LogP contribution in [0, 0.1) is 0 Å². The van der Waals surface area contributed by atoms with Gasteiger partial charge in [0.15, 0.2) is 0 Å². The predicted octanol–water partition coefficient (Wildman–Crippen LogP) is 1.79. The van der Waals surface area contributed by atoms with Gasteiger partial charge in [0.25, 0.3) is 0 Å². The number of pyridine rings is 1. The van der Waals surface area contributed by atoms with E-state index in [2.05, 4.69) is 11.6 Å². The zero-order valence-electron chi connectivity index (χ0n) is 8.90. The zero-order chi connectivity index (χ0) is 11.4. The number of hydrogen-bond donors (Lipinski definition) is 1. The fraction of sp³-hybridized carbons (Fsp3) is 0.273. The number of carbonyl (C=O) groups is 1. The Morgan fingerprint density at radius 2 is 2.27 bits per heavy atom. The van der Waals surface area contributed by atoms with Crippen LogP contribution in [-0.2, 0) is 0 Å². The number of anilines is 1. The molecule has 0 saturated heterocycles. The molecule has 1 N–H and O–H groups in total. The molecule has 0 bridgehead atoms. The first kappa shape index (κ1) is 11.2. The summed E-state index contributed by atoms with van der Waals surface area (Å²) in [6.07, 6.45) is 1.35. The molecule has 1 heterocycles. The second kappa shape index (κ2) is 4.59. The smallest absolute Gasteiger partial charge is 0.337 e. The maximum Gasteiger partial charge on any atom is 0.337 e. The van der Waals surface area contributed by atoms with Gasteiger partial charge in [-0.05, 0) is 19.1 Å². The molecule has 0 radical (unpaired) electrons. The van der Waals surface area contributed by atoms with E-state index in [1.807, 2.05) is 18.9 Å². The van der Waals surface area contributed by atoms with Gasteiger partial charge in [0.05, 0.1) is 5.56 Å². The Hall–Kier alpha value is -1.84. The number of hydrogen-bond acceptors (Lipinski definition) is 3. The number of carboxylic acid groups (broad SMARTS) is 1. The standard InChI is InChI=1S/C11H14N2O2/c1-8(2)7-13(3)10-5-4-9(6-12-10)11(14)15/h4-6H,1,7H2,2-3H3,(H,14,15). The number of aromatic carboxylic acids is 1. The maximum atomic E-state index is 10.6. The van der Waals surface area contributed by atoms with Crippen LogP contribution < -0.4 is 4.90 Å². The lowest BCUT2D eigenvalue weighted by Gasteiger charge is -2.17. The number of likely N-dealkylation sites (N-methyl/N-ethyl adjacent to an activating group) is 1. The fourth-order valence-electron chi connectivity index (χ4n) is 1.22. The van der Waals surface area contributed by atoms with Crippen molar-refractivity contribution in [2.45, 2.75) is 6.92 Å². The van der Waals surface area contributed by atoms with Crippen molar-refractivity contribution in [1.29, 1.82) is 0 Å². The summed E-state index contributed by atoms with van der Waals surface area (Å²) in [5.41, 5.74) is 1.23. The molecule has 0 atom stereocenters. The molecule has 0 aliphatic carbocycles. The first-order valence-corrected chi connectivity index (χ1v) is 4.55. The maximum absolute atomic E-state index is 10.6. The molecule has 0 saturated carbocycles. The van der Waals surface area contributed by atoms with Gasteiger partial charge in [-0.2, -0.15) is 0 Å². The van der Waals surface area contributed by atoms with Crippen LogP contribution in [0.1, 0.15) is 17.3 Å². The van der Waals surface area contributed by atoms with Crippen LogP contribution in [0.4, 0.5) is 5.82 Å². The number of carboxylic acids is 1. The first-order valence-electron chi connectivity index (χ1n) is 4.55. The van der Waals surface area contributed by atoms with Crippen molar-refractivity contribution < 1.29 is 9.90 Å². The summed E-state index contributed by atoms with van der Waals surface area (Å²) in [5.74, 6) is -0.223. The molecular formula is C11H14N2O2. The summed E-state index contributed by atoms with van der Waals surface area (Å²) < 4.78 is 0. The third-order valence-electron chi connectivity index (χ3n) is 1.89. The monoisotopic (exact) mass is 206 g/mol. The Bertz CT molecular complexity index is 371. The molecule has 0 unspecified atom stereocenters. The van der Waals surface area contributed by atoms with Crippen molar-refractivity contribution in [3.05, 3.63) is 36.0 Å². The lowest BCUT2D eigenvalue weighted by molar-refractivity contribution is 0.0696. The van der Waals surface area contributed by atoms with Gasteiger partial charge in [-0.3, -0.25) is 0 Å². The Morgan fingerprint density at radius 1 is 1.60 bits per heavy atom. The van der Waals surface area contributed by atoms with E-state index in [1.54, 1.807) is 12.1 Å². The van der Waals surface area contributed by atoms with Crippen molar-refractivity contribution in [2.75, 3.05) is 18.5 Å². The molecular weight excluding hydrogens is 192 g/mol. The van der Waals surface area contributed by atoms with Gasteiger partial charge in [-0.25, -0.2) is 9.78 Å². The van der Waals surface area contributed by atoms with Gasteiger partial charge in [0, 0.05) is 19.8 Å². The van der Waals surface area contributed by atoms with Gasteiger partial charge in [0.2, 0.25) is 0 Å². The summed E-state index contributed by atoms with van der Waals surface area (Å²) in [5, 5.41) is 8.69. The fourth-order valence-corrected chi connectivity index (χ4v) is 1.22. The van der Waals surface area contributed by atoms with Crippen LogP contribution in [-0.4, -0.2) is 29.7 Å². The van der Waals surface area contributed by atoms with E-state index in [4.69, 9.17) is 5.11 Å². The van der Waals surface area contributed by atoms with Crippen molar-refractivity contribution in [3.63, 3.8) is 0 Å². The topological polar surface area (TPSA) is 53.4 Å². The number of nitrogens with zero attached hydrogens (tertiary/aromatic N) is 2. The third-order valence-corrected chi connectivity index (χ3v) is 1.89. The van der Waals surface area contributed by atoms with Gasteiger partial charge in [0.1, 0.15) is 5.82 Å². The first-order chi connectivity index (χ1) is 7.00. The van der Waals surface area contributed by atoms with E-state index in [0.717, 1.165) is 11.4 Å². The van der Waals surface area contributed by atoms with Crippen molar-refractivity contribution >= 4 is 11.8 Å². The van der Waals surface area contributed by atoms with E-state index in [9.17, 15) is 4.79 Å². The van der Waals surface area contributed by atoms with Gasteiger partial charge in [-0.15, -0.1) is 0 Å². The van der Waals surface area contributed by atoms with Gasteiger partial charge >= 0.3 is 5.97 Å². The van der Waals surface area contributed by atoms with Gasteiger partial charge in [-0.1, -0.05) is 12.2 Å². The molecule has 0 fully saturated rings. The highest BCUT2D eigenvalue weighted by Crippen LogP contribution is 2.10. The molecule has 15 heavy (non-hydrogen) atoms. The summed E-state index contributed by atoms with van der Waals surface area (Å²) in [7, 11) is 1.89. The molecule has 1 aromatic rings. The Kier molecular flexibility index (Phi) is 3.44. The molecule has 4 nitrogen and oxygen atoms in total. The predicted molar refractivity (Wildman–Crippen MR) is 59.3 cm³/mol. The normalized spacial score (nSPS) is 9.73. The molecule has 1 aromatic heterocycles. The van der Waals surface area contributed by atoms with Crippen LogP contribution >= 0.6 is 0 Å². The van der Waals surface area contributed by atoms with Crippen molar-refractivity contribution in [3.8, 4) is 0 Å². The van der Waals surface area contributed by atoms with Crippen LogP contribution in [0.3, 0.4) is 0 Å². The van der Waals surface area contributed by atoms with E-state index in [-0.39, 0.29) is 5.56 Å². The molecule has 0 aliphatic heterocycles. The minimum absolute atomic E-state index is 0.197. The second-order valence-corrected chi connectivity index (χ2v) is 3.52. The van der Waals surface area contributed by atoms with E-state index in [0.29, 0.717) is 6.54 Å². The molecule has 0 spiro atoms. The van der Waals surface area contributed by atoms with Crippen molar-refractivity contribution in [1.82, 2.24) is 4.98 Å². The minimum Gasteiger partial charge on any atom is -0.478 e. The number of rotatable bonds is 4. The highest BCUT2D eigenvalue weighted by atomic mass is 16.4. The largest absolute Gasteiger partial charge is 0.478 e. The second-order valence-electron chi connectivity index (χ2n) is 3.52.